The van der Waals surface area contributed by atoms with E-state index in [-0.39, 0.29) is 6.10 Å². The van der Waals surface area contributed by atoms with Crippen LogP contribution in [0.3, 0.4) is 0 Å². The van der Waals surface area contributed by atoms with Crippen LogP contribution in [-0.4, -0.2) is 18.7 Å². The summed E-state index contributed by atoms with van der Waals surface area (Å²) in [4.78, 5) is 0. The molecule has 0 amide bonds. The van der Waals surface area contributed by atoms with E-state index < -0.39 is 5.54 Å². The van der Waals surface area contributed by atoms with Crippen molar-refractivity contribution in [2.24, 2.45) is 0 Å². The molecule has 17 heavy (non-hydrogen) atoms. The van der Waals surface area contributed by atoms with E-state index in [0.29, 0.717) is 6.42 Å². The summed E-state index contributed by atoms with van der Waals surface area (Å²) in [6, 6.07) is 10.2. The van der Waals surface area contributed by atoms with Crippen LogP contribution in [0.5, 0.6) is 5.75 Å². The Morgan fingerprint density at radius 1 is 1.53 bits per heavy atom. The minimum absolute atomic E-state index is 0.00565. The second kappa shape index (κ2) is 5.70. The van der Waals surface area contributed by atoms with Crippen molar-refractivity contribution in [2.75, 3.05) is 7.05 Å². The van der Waals surface area contributed by atoms with Gasteiger partial charge in [0.1, 0.15) is 11.3 Å². The van der Waals surface area contributed by atoms with Gasteiger partial charge in [0.15, 0.2) is 0 Å². The molecule has 0 radical (unpaired) electrons. The van der Waals surface area contributed by atoms with E-state index in [1.807, 2.05) is 45.0 Å². The summed E-state index contributed by atoms with van der Waals surface area (Å²) in [5.74, 6) is 0.855. The number of hydrogen-bond donors (Lipinski definition) is 1. The molecule has 1 aromatic rings. The molecule has 0 aliphatic rings. The summed E-state index contributed by atoms with van der Waals surface area (Å²) >= 11 is 0. The third kappa shape index (κ3) is 4.08. The molecule has 0 aromatic heterocycles. The number of nitriles is 1. The molecule has 0 saturated heterocycles. The van der Waals surface area contributed by atoms with Gasteiger partial charge in [-0.1, -0.05) is 12.1 Å². The van der Waals surface area contributed by atoms with Gasteiger partial charge in [-0.3, -0.25) is 0 Å². The molecular formula is C14H20N2O. The first kappa shape index (κ1) is 13.5. The molecule has 1 rings (SSSR count). The highest BCUT2D eigenvalue weighted by Gasteiger charge is 2.25. The summed E-state index contributed by atoms with van der Waals surface area (Å²) in [6.07, 6.45) is 0.641. The fraction of sp³-hybridized carbons (Fsp3) is 0.500. The maximum atomic E-state index is 9.08. The second-order valence-electron chi connectivity index (χ2n) is 4.64. The molecule has 0 heterocycles. The molecule has 2 atom stereocenters. The minimum Gasteiger partial charge on any atom is -0.491 e. The van der Waals surface area contributed by atoms with Crippen LogP contribution in [-0.2, 0) is 0 Å². The average molecular weight is 232 g/mol. The fourth-order valence-electron chi connectivity index (χ4n) is 1.74. The normalized spacial score (nSPS) is 15.7. The zero-order chi connectivity index (χ0) is 12.9. The van der Waals surface area contributed by atoms with E-state index in [0.717, 1.165) is 5.75 Å². The van der Waals surface area contributed by atoms with E-state index in [1.54, 1.807) is 7.05 Å². The molecule has 3 heteroatoms. The zero-order valence-corrected chi connectivity index (χ0v) is 10.9. The average Bonchev–Trinajstić information content (AvgIpc) is 2.28. The lowest BCUT2D eigenvalue weighted by atomic mass is 9.97. The van der Waals surface area contributed by atoms with E-state index >= 15 is 0 Å². The molecule has 0 saturated carbocycles. The maximum Gasteiger partial charge on any atom is 0.119 e. The number of nitrogens with zero attached hydrogens (tertiary/aromatic N) is 1. The molecule has 0 aliphatic carbocycles. The first-order valence-corrected chi connectivity index (χ1v) is 5.82. The summed E-state index contributed by atoms with van der Waals surface area (Å²) in [7, 11) is 1.79. The third-order valence-corrected chi connectivity index (χ3v) is 2.82. The third-order valence-electron chi connectivity index (χ3n) is 2.82. The van der Waals surface area contributed by atoms with Crippen molar-refractivity contribution in [1.82, 2.24) is 5.32 Å². The van der Waals surface area contributed by atoms with Crippen molar-refractivity contribution in [3.05, 3.63) is 29.8 Å². The highest BCUT2D eigenvalue weighted by Crippen LogP contribution is 2.18. The molecule has 92 valence electrons. The molecule has 0 spiro atoms. The molecule has 3 nitrogen and oxygen atoms in total. The van der Waals surface area contributed by atoms with Gasteiger partial charge in [0.05, 0.1) is 12.2 Å². The Balaban J connectivity index is 2.62. The van der Waals surface area contributed by atoms with Crippen molar-refractivity contribution in [3.63, 3.8) is 0 Å². The van der Waals surface area contributed by atoms with E-state index in [4.69, 9.17) is 10.00 Å². The van der Waals surface area contributed by atoms with E-state index in [1.165, 1.54) is 5.56 Å². The van der Waals surface area contributed by atoms with Crippen LogP contribution in [0, 0.1) is 18.3 Å². The summed E-state index contributed by atoms with van der Waals surface area (Å²) in [5.41, 5.74) is 0.634. The summed E-state index contributed by atoms with van der Waals surface area (Å²) in [6.45, 7) is 5.89. The van der Waals surface area contributed by atoms with Crippen molar-refractivity contribution >= 4 is 0 Å². The van der Waals surface area contributed by atoms with Crippen LogP contribution in [0.25, 0.3) is 0 Å². The van der Waals surface area contributed by atoms with Crippen molar-refractivity contribution < 1.29 is 4.74 Å². The molecule has 1 aromatic carbocycles. The highest BCUT2D eigenvalue weighted by atomic mass is 16.5. The Kier molecular flexibility index (Phi) is 4.53. The van der Waals surface area contributed by atoms with Crippen molar-refractivity contribution in [2.45, 2.75) is 38.8 Å². The van der Waals surface area contributed by atoms with E-state index in [9.17, 15) is 0 Å². The predicted molar refractivity (Wildman–Crippen MR) is 69.0 cm³/mol. The standard InChI is InChI=1S/C14H20N2O/c1-11-6-5-7-13(8-11)17-12(2)9-14(3,10-15)16-4/h5-8,12,16H,9H2,1-4H3. The lowest BCUT2D eigenvalue weighted by molar-refractivity contribution is 0.182. The lowest BCUT2D eigenvalue weighted by Crippen LogP contribution is -2.41. The van der Waals surface area contributed by atoms with Crippen LogP contribution in [0.4, 0.5) is 0 Å². The monoisotopic (exact) mass is 232 g/mol. The highest BCUT2D eigenvalue weighted by molar-refractivity contribution is 5.27. The molecule has 0 aliphatic heterocycles. The molecule has 0 bridgehead atoms. The smallest absolute Gasteiger partial charge is 0.119 e. The number of benzene rings is 1. The van der Waals surface area contributed by atoms with Gasteiger partial charge in [-0.05, 0) is 45.5 Å². The Hall–Kier alpha value is -1.53. The van der Waals surface area contributed by atoms with Gasteiger partial charge in [-0.25, -0.2) is 0 Å². The van der Waals surface area contributed by atoms with Gasteiger partial charge < -0.3 is 10.1 Å². The molecule has 1 N–H and O–H groups in total. The van der Waals surface area contributed by atoms with Crippen molar-refractivity contribution in [1.29, 1.82) is 5.26 Å². The number of nitrogens with one attached hydrogen (secondary N) is 1. The Bertz CT molecular complexity index is 411. The topological polar surface area (TPSA) is 45.0 Å². The van der Waals surface area contributed by atoms with Gasteiger partial charge in [0.2, 0.25) is 0 Å². The van der Waals surface area contributed by atoms with Gasteiger partial charge >= 0.3 is 0 Å². The Morgan fingerprint density at radius 2 is 2.24 bits per heavy atom. The first-order valence-electron chi connectivity index (χ1n) is 5.82. The van der Waals surface area contributed by atoms with Crippen LogP contribution < -0.4 is 10.1 Å². The number of hydrogen-bond acceptors (Lipinski definition) is 3. The lowest BCUT2D eigenvalue weighted by Gasteiger charge is -2.25. The number of rotatable bonds is 5. The number of aryl methyl sites for hydroxylation is 1. The van der Waals surface area contributed by atoms with Gasteiger partial charge in [-0.15, -0.1) is 0 Å². The van der Waals surface area contributed by atoms with Crippen LogP contribution >= 0.6 is 0 Å². The molecule has 2 unspecified atom stereocenters. The fourth-order valence-corrected chi connectivity index (χ4v) is 1.74. The molecule has 0 fully saturated rings. The maximum absolute atomic E-state index is 9.08. The first-order chi connectivity index (χ1) is 7.99. The minimum atomic E-state index is -0.538. The molecular weight excluding hydrogens is 212 g/mol. The SMILES string of the molecule is CNC(C)(C#N)CC(C)Oc1cccc(C)c1. The Morgan fingerprint density at radius 3 is 2.76 bits per heavy atom. The van der Waals surface area contributed by atoms with Crippen molar-refractivity contribution in [3.8, 4) is 11.8 Å². The number of ether oxygens (including phenoxy) is 1. The van der Waals surface area contributed by atoms with Gasteiger partial charge in [-0.2, -0.15) is 5.26 Å². The van der Waals surface area contributed by atoms with Gasteiger partial charge in [0, 0.05) is 6.42 Å². The predicted octanol–water partition coefficient (Wildman–Crippen LogP) is 2.65. The quantitative estimate of drug-likeness (QED) is 0.849. The van der Waals surface area contributed by atoms with Gasteiger partial charge in [0.25, 0.3) is 0 Å². The second-order valence-corrected chi connectivity index (χ2v) is 4.64. The summed E-state index contributed by atoms with van der Waals surface area (Å²) in [5, 5.41) is 12.1. The van der Waals surface area contributed by atoms with Crippen LogP contribution in [0.1, 0.15) is 25.8 Å². The zero-order valence-electron chi connectivity index (χ0n) is 10.9. The van der Waals surface area contributed by atoms with Crippen LogP contribution in [0.2, 0.25) is 0 Å². The summed E-state index contributed by atoms with van der Waals surface area (Å²) < 4.78 is 5.80. The van der Waals surface area contributed by atoms with Crippen LogP contribution in [0.15, 0.2) is 24.3 Å². The van der Waals surface area contributed by atoms with E-state index in [2.05, 4.69) is 11.4 Å². The Labute approximate surface area is 103 Å². The largest absolute Gasteiger partial charge is 0.491 e.